The van der Waals surface area contributed by atoms with Gasteiger partial charge in [0, 0.05) is 16.7 Å². The van der Waals surface area contributed by atoms with Gasteiger partial charge in [-0.05, 0) is 48.5 Å². The quantitative estimate of drug-likeness (QED) is 0.638. The van der Waals surface area contributed by atoms with Crippen LogP contribution < -0.4 is 14.8 Å². The predicted molar refractivity (Wildman–Crippen MR) is 97.8 cm³/mol. The monoisotopic (exact) mass is 372 g/mol. The number of amides is 1. The molecule has 1 aromatic heterocycles. The predicted octanol–water partition coefficient (Wildman–Crippen LogP) is 3.81. The highest BCUT2D eigenvalue weighted by atomic mass is 35.5. The molecule has 1 heterocycles. The SMILES string of the molecule is COc1ccc(-c2cc(C(=O)NCCOc3ccc(Cl)cc3)no2)cc1. The van der Waals surface area contributed by atoms with Crippen molar-refractivity contribution in [2.24, 2.45) is 0 Å². The first-order valence-corrected chi connectivity index (χ1v) is 8.31. The van der Waals surface area contributed by atoms with Crippen molar-refractivity contribution in [3.63, 3.8) is 0 Å². The van der Waals surface area contributed by atoms with E-state index in [2.05, 4.69) is 10.5 Å². The fourth-order valence-corrected chi connectivity index (χ4v) is 2.35. The highest BCUT2D eigenvalue weighted by Gasteiger charge is 2.13. The summed E-state index contributed by atoms with van der Waals surface area (Å²) >= 11 is 5.81. The number of carbonyl (C=O) groups excluding carboxylic acids is 1. The van der Waals surface area contributed by atoms with Gasteiger partial charge in [0.15, 0.2) is 11.5 Å². The van der Waals surface area contributed by atoms with E-state index in [0.29, 0.717) is 29.7 Å². The number of hydrogen-bond donors (Lipinski definition) is 1. The van der Waals surface area contributed by atoms with Crippen LogP contribution in [0.1, 0.15) is 10.5 Å². The van der Waals surface area contributed by atoms with Crippen LogP contribution in [0.2, 0.25) is 5.02 Å². The Morgan fingerprint density at radius 1 is 1.12 bits per heavy atom. The Morgan fingerprint density at radius 2 is 1.81 bits per heavy atom. The van der Waals surface area contributed by atoms with Gasteiger partial charge in [0.05, 0.1) is 13.7 Å². The summed E-state index contributed by atoms with van der Waals surface area (Å²) < 4.78 is 15.9. The lowest BCUT2D eigenvalue weighted by Gasteiger charge is -2.06. The van der Waals surface area contributed by atoms with Crippen molar-refractivity contribution >= 4 is 17.5 Å². The second kappa shape index (κ2) is 8.40. The summed E-state index contributed by atoms with van der Waals surface area (Å²) in [6, 6.07) is 15.9. The van der Waals surface area contributed by atoms with Crippen LogP contribution in [0.4, 0.5) is 0 Å². The van der Waals surface area contributed by atoms with Crippen LogP contribution in [-0.4, -0.2) is 31.3 Å². The zero-order valence-corrected chi connectivity index (χ0v) is 14.8. The molecule has 0 radical (unpaired) electrons. The Kier molecular flexibility index (Phi) is 5.76. The highest BCUT2D eigenvalue weighted by molar-refractivity contribution is 6.30. The van der Waals surface area contributed by atoms with E-state index >= 15 is 0 Å². The lowest BCUT2D eigenvalue weighted by molar-refractivity contribution is 0.0938. The van der Waals surface area contributed by atoms with E-state index in [-0.39, 0.29) is 11.6 Å². The fourth-order valence-electron chi connectivity index (χ4n) is 2.23. The zero-order chi connectivity index (χ0) is 18.4. The van der Waals surface area contributed by atoms with E-state index in [0.717, 1.165) is 11.3 Å². The Hall–Kier alpha value is -2.99. The van der Waals surface area contributed by atoms with Gasteiger partial charge in [-0.2, -0.15) is 0 Å². The van der Waals surface area contributed by atoms with Gasteiger partial charge in [-0.25, -0.2) is 0 Å². The molecule has 0 saturated carbocycles. The summed E-state index contributed by atoms with van der Waals surface area (Å²) in [5, 5.41) is 7.18. The van der Waals surface area contributed by atoms with Gasteiger partial charge in [-0.3, -0.25) is 4.79 Å². The van der Waals surface area contributed by atoms with Crippen molar-refractivity contribution in [2.45, 2.75) is 0 Å². The van der Waals surface area contributed by atoms with Crippen molar-refractivity contribution in [3.05, 3.63) is 65.3 Å². The molecule has 0 bridgehead atoms. The normalized spacial score (nSPS) is 10.4. The first-order chi connectivity index (χ1) is 12.7. The van der Waals surface area contributed by atoms with Crippen molar-refractivity contribution < 1.29 is 18.8 Å². The molecule has 0 aliphatic rings. The first kappa shape index (κ1) is 17.8. The summed E-state index contributed by atoms with van der Waals surface area (Å²) in [7, 11) is 1.60. The third-order valence-corrected chi connectivity index (χ3v) is 3.84. The van der Waals surface area contributed by atoms with Crippen LogP contribution in [0.15, 0.2) is 59.1 Å². The van der Waals surface area contributed by atoms with Gasteiger partial charge < -0.3 is 19.3 Å². The number of nitrogens with one attached hydrogen (secondary N) is 1. The second-order valence-corrected chi connectivity index (χ2v) is 5.80. The Morgan fingerprint density at radius 3 is 2.50 bits per heavy atom. The lowest BCUT2D eigenvalue weighted by Crippen LogP contribution is -2.28. The molecule has 0 aliphatic heterocycles. The van der Waals surface area contributed by atoms with E-state index in [9.17, 15) is 4.79 Å². The van der Waals surface area contributed by atoms with Crippen LogP contribution in [0, 0.1) is 0 Å². The third-order valence-electron chi connectivity index (χ3n) is 3.59. The van der Waals surface area contributed by atoms with Gasteiger partial charge in [-0.15, -0.1) is 0 Å². The first-order valence-electron chi connectivity index (χ1n) is 7.93. The molecule has 0 unspecified atom stereocenters. The summed E-state index contributed by atoms with van der Waals surface area (Å²) in [4.78, 5) is 12.1. The molecule has 0 aliphatic carbocycles. The Labute approximate surface area is 155 Å². The minimum absolute atomic E-state index is 0.210. The molecule has 7 heteroatoms. The van der Waals surface area contributed by atoms with Crippen LogP contribution in [0.3, 0.4) is 0 Å². The van der Waals surface area contributed by atoms with Gasteiger partial charge in [0.25, 0.3) is 5.91 Å². The average molecular weight is 373 g/mol. The number of halogens is 1. The molecule has 0 spiro atoms. The number of nitrogens with zero attached hydrogens (tertiary/aromatic N) is 1. The highest BCUT2D eigenvalue weighted by Crippen LogP contribution is 2.23. The Bertz CT molecular complexity index is 860. The summed E-state index contributed by atoms with van der Waals surface area (Å²) in [5.74, 6) is 1.61. The van der Waals surface area contributed by atoms with Gasteiger partial charge in [0.2, 0.25) is 0 Å². The van der Waals surface area contributed by atoms with E-state index in [1.54, 1.807) is 37.4 Å². The van der Waals surface area contributed by atoms with Crippen molar-refractivity contribution in [1.82, 2.24) is 10.5 Å². The summed E-state index contributed by atoms with van der Waals surface area (Å²) in [6.07, 6.45) is 0. The number of aromatic nitrogens is 1. The number of benzene rings is 2. The minimum Gasteiger partial charge on any atom is -0.497 e. The molecule has 2 aromatic carbocycles. The molecular formula is C19H17ClN2O4. The molecule has 6 nitrogen and oxygen atoms in total. The van der Waals surface area contributed by atoms with Crippen LogP contribution in [0.5, 0.6) is 11.5 Å². The third kappa shape index (κ3) is 4.55. The topological polar surface area (TPSA) is 73.6 Å². The molecule has 1 amide bonds. The smallest absolute Gasteiger partial charge is 0.273 e. The van der Waals surface area contributed by atoms with Crippen molar-refractivity contribution in [1.29, 1.82) is 0 Å². The number of ether oxygens (including phenoxy) is 2. The maximum Gasteiger partial charge on any atom is 0.273 e. The number of rotatable bonds is 7. The van der Waals surface area contributed by atoms with E-state index in [4.69, 9.17) is 25.6 Å². The molecule has 0 fully saturated rings. The molecule has 0 saturated heterocycles. The van der Waals surface area contributed by atoms with Crippen LogP contribution in [-0.2, 0) is 0 Å². The van der Waals surface area contributed by atoms with E-state index in [1.807, 2.05) is 24.3 Å². The maximum atomic E-state index is 12.1. The minimum atomic E-state index is -0.326. The van der Waals surface area contributed by atoms with E-state index in [1.165, 1.54) is 0 Å². The average Bonchev–Trinajstić information content (AvgIpc) is 3.17. The number of methoxy groups -OCH3 is 1. The summed E-state index contributed by atoms with van der Waals surface area (Å²) in [5.41, 5.74) is 1.02. The molecule has 134 valence electrons. The second-order valence-electron chi connectivity index (χ2n) is 5.36. The van der Waals surface area contributed by atoms with Crippen LogP contribution >= 0.6 is 11.6 Å². The van der Waals surface area contributed by atoms with Gasteiger partial charge >= 0.3 is 0 Å². The van der Waals surface area contributed by atoms with E-state index < -0.39 is 0 Å². The standard InChI is InChI=1S/C19H17ClN2O4/c1-24-15-6-2-13(3-7-15)18-12-17(22-26-18)19(23)21-10-11-25-16-8-4-14(20)5-9-16/h2-9,12H,10-11H2,1H3,(H,21,23). The molecule has 3 aromatic rings. The maximum absolute atomic E-state index is 12.1. The molecular weight excluding hydrogens is 356 g/mol. The van der Waals surface area contributed by atoms with Gasteiger partial charge in [0.1, 0.15) is 18.1 Å². The molecule has 3 rings (SSSR count). The fraction of sp³-hybridized carbons (Fsp3) is 0.158. The van der Waals surface area contributed by atoms with Gasteiger partial charge in [-0.1, -0.05) is 16.8 Å². The molecule has 1 N–H and O–H groups in total. The van der Waals surface area contributed by atoms with Crippen LogP contribution in [0.25, 0.3) is 11.3 Å². The van der Waals surface area contributed by atoms with Crippen molar-refractivity contribution in [2.75, 3.05) is 20.3 Å². The largest absolute Gasteiger partial charge is 0.497 e. The number of hydrogen-bond acceptors (Lipinski definition) is 5. The molecule has 0 atom stereocenters. The molecule has 26 heavy (non-hydrogen) atoms. The zero-order valence-electron chi connectivity index (χ0n) is 14.1. The van der Waals surface area contributed by atoms with Crippen molar-refractivity contribution in [3.8, 4) is 22.8 Å². The summed E-state index contributed by atoms with van der Waals surface area (Å²) in [6.45, 7) is 0.669. The Balaban J connectivity index is 1.50. The lowest BCUT2D eigenvalue weighted by atomic mass is 10.1. The number of carbonyl (C=O) groups is 1.